The number of benzene rings is 2. The summed E-state index contributed by atoms with van der Waals surface area (Å²) in [7, 11) is 3.93. The van der Waals surface area contributed by atoms with Crippen LogP contribution in [0.3, 0.4) is 0 Å². The monoisotopic (exact) mass is 473 g/mol. The number of carbonyl (C=O) groups excluding carboxylic acids is 1. The molecule has 34 heavy (non-hydrogen) atoms. The molecule has 1 amide bonds. The van der Waals surface area contributed by atoms with Gasteiger partial charge in [0.25, 0.3) is 5.91 Å². The van der Waals surface area contributed by atoms with E-state index in [2.05, 4.69) is 10.2 Å². The number of rotatable bonds is 5. The SMILES string of the molecule is CN(C)c1ccc(C(=O)Nc2cccc(-c3csc4c(=O)cc(N5CCCCC5)oc34)c2)cc1. The summed E-state index contributed by atoms with van der Waals surface area (Å²) in [4.78, 5) is 29.7. The molecule has 1 fully saturated rings. The molecule has 0 unspecified atom stereocenters. The summed E-state index contributed by atoms with van der Waals surface area (Å²) in [5, 5.41) is 4.94. The molecule has 1 aliphatic heterocycles. The summed E-state index contributed by atoms with van der Waals surface area (Å²) < 4.78 is 6.89. The Morgan fingerprint density at radius 1 is 1.03 bits per heavy atom. The van der Waals surface area contributed by atoms with Gasteiger partial charge in [-0.05, 0) is 61.2 Å². The fraction of sp³-hybridized carbons (Fsp3) is 0.259. The van der Waals surface area contributed by atoms with Crippen LogP contribution in [0.15, 0.2) is 69.2 Å². The Balaban J connectivity index is 1.43. The van der Waals surface area contributed by atoms with Gasteiger partial charge in [0, 0.05) is 61.1 Å². The molecule has 0 aliphatic carbocycles. The average Bonchev–Trinajstić information content (AvgIpc) is 3.29. The Labute approximate surface area is 202 Å². The van der Waals surface area contributed by atoms with Crippen molar-refractivity contribution < 1.29 is 9.21 Å². The molecule has 0 spiro atoms. The van der Waals surface area contributed by atoms with Gasteiger partial charge < -0.3 is 19.5 Å². The van der Waals surface area contributed by atoms with E-state index in [1.54, 1.807) is 6.07 Å². The Hall–Kier alpha value is -3.58. The molecule has 2 aromatic heterocycles. The Morgan fingerprint density at radius 2 is 1.79 bits per heavy atom. The molecule has 1 saturated heterocycles. The molecular weight excluding hydrogens is 446 g/mol. The number of nitrogens with one attached hydrogen (secondary N) is 1. The molecule has 4 aromatic rings. The van der Waals surface area contributed by atoms with Crippen LogP contribution >= 0.6 is 11.3 Å². The van der Waals surface area contributed by atoms with E-state index < -0.39 is 0 Å². The first-order valence-corrected chi connectivity index (χ1v) is 12.4. The number of nitrogens with zero attached hydrogens (tertiary/aromatic N) is 2. The summed E-state index contributed by atoms with van der Waals surface area (Å²) in [6.45, 7) is 1.82. The molecule has 0 radical (unpaired) electrons. The van der Waals surface area contributed by atoms with Crippen LogP contribution in [0.2, 0.25) is 0 Å². The Morgan fingerprint density at radius 3 is 2.53 bits per heavy atom. The highest BCUT2D eigenvalue weighted by Crippen LogP contribution is 2.36. The number of thiophene rings is 1. The molecule has 174 valence electrons. The summed E-state index contributed by atoms with van der Waals surface area (Å²) in [5.74, 6) is 0.471. The van der Waals surface area contributed by atoms with Gasteiger partial charge in [-0.1, -0.05) is 12.1 Å². The van der Waals surface area contributed by atoms with Crippen LogP contribution < -0.4 is 20.5 Å². The zero-order chi connectivity index (χ0) is 23.7. The third-order valence-electron chi connectivity index (χ3n) is 6.18. The zero-order valence-electron chi connectivity index (χ0n) is 19.3. The number of fused-ring (bicyclic) bond motifs is 1. The van der Waals surface area contributed by atoms with Gasteiger partial charge in [0.15, 0.2) is 11.5 Å². The molecule has 0 bridgehead atoms. The molecule has 0 atom stereocenters. The van der Waals surface area contributed by atoms with E-state index >= 15 is 0 Å². The normalized spacial score (nSPS) is 13.8. The number of hydrogen-bond donors (Lipinski definition) is 1. The van der Waals surface area contributed by atoms with E-state index in [1.165, 1.54) is 17.8 Å². The van der Waals surface area contributed by atoms with E-state index in [0.29, 0.717) is 27.4 Å². The van der Waals surface area contributed by atoms with Crippen LogP contribution in [0.1, 0.15) is 29.6 Å². The number of carbonyl (C=O) groups is 1. The van der Waals surface area contributed by atoms with E-state index in [-0.39, 0.29) is 11.3 Å². The van der Waals surface area contributed by atoms with Gasteiger partial charge in [-0.15, -0.1) is 11.3 Å². The molecule has 5 rings (SSSR count). The second kappa shape index (κ2) is 9.35. The summed E-state index contributed by atoms with van der Waals surface area (Å²) in [5.41, 5.74) is 4.67. The highest BCUT2D eigenvalue weighted by Gasteiger charge is 2.18. The maximum Gasteiger partial charge on any atom is 0.255 e. The molecule has 6 nitrogen and oxygen atoms in total. The van der Waals surface area contributed by atoms with Gasteiger partial charge in [-0.2, -0.15) is 0 Å². The minimum absolute atomic E-state index is 0.0105. The predicted octanol–water partition coefficient (Wildman–Crippen LogP) is 5.83. The van der Waals surface area contributed by atoms with Crippen LogP contribution in [0.4, 0.5) is 17.3 Å². The molecule has 1 N–H and O–H groups in total. The highest BCUT2D eigenvalue weighted by atomic mass is 32.1. The second-order valence-corrected chi connectivity index (χ2v) is 9.66. The van der Waals surface area contributed by atoms with Crippen LogP contribution in [-0.4, -0.2) is 33.1 Å². The first-order chi connectivity index (χ1) is 16.5. The quantitative estimate of drug-likeness (QED) is 0.395. The van der Waals surface area contributed by atoms with Gasteiger partial charge in [0.05, 0.1) is 0 Å². The van der Waals surface area contributed by atoms with Crippen molar-refractivity contribution in [2.24, 2.45) is 0 Å². The summed E-state index contributed by atoms with van der Waals surface area (Å²) >= 11 is 1.39. The van der Waals surface area contributed by atoms with Gasteiger partial charge in [0.1, 0.15) is 4.70 Å². The largest absolute Gasteiger partial charge is 0.439 e. The van der Waals surface area contributed by atoms with Gasteiger partial charge >= 0.3 is 0 Å². The second-order valence-electron chi connectivity index (χ2n) is 8.78. The van der Waals surface area contributed by atoms with E-state index in [4.69, 9.17) is 4.42 Å². The third-order valence-corrected chi connectivity index (χ3v) is 7.15. The van der Waals surface area contributed by atoms with Crippen molar-refractivity contribution in [3.63, 3.8) is 0 Å². The van der Waals surface area contributed by atoms with Crippen molar-refractivity contribution in [1.82, 2.24) is 0 Å². The highest BCUT2D eigenvalue weighted by molar-refractivity contribution is 7.17. The van der Waals surface area contributed by atoms with Crippen molar-refractivity contribution in [3.05, 3.63) is 75.8 Å². The van der Waals surface area contributed by atoms with Crippen LogP contribution in [-0.2, 0) is 0 Å². The van der Waals surface area contributed by atoms with E-state index in [0.717, 1.165) is 42.7 Å². The fourth-order valence-corrected chi connectivity index (χ4v) is 5.19. The summed E-state index contributed by atoms with van der Waals surface area (Å²) in [6, 6.07) is 16.7. The van der Waals surface area contributed by atoms with Crippen molar-refractivity contribution in [2.45, 2.75) is 19.3 Å². The lowest BCUT2D eigenvalue weighted by Gasteiger charge is -2.26. The molecular formula is C27H27N3O3S. The lowest BCUT2D eigenvalue weighted by molar-refractivity contribution is 0.102. The van der Waals surface area contributed by atoms with Crippen molar-refractivity contribution in [1.29, 1.82) is 0 Å². The zero-order valence-corrected chi connectivity index (χ0v) is 20.2. The smallest absolute Gasteiger partial charge is 0.255 e. The maximum absolute atomic E-state index is 12.8. The van der Waals surface area contributed by atoms with Crippen LogP contribution in [0, 0.1) is 0 Å². The van der Waals surface area contributed by atoms with Gasteiger partial charge in [-0.25, -0.2) is 0 Å². The molecule has 1 aliphatic rings. The first-order valence-electron chi connectivity index (χ1n) is 11.5. The van der Waals surface area contributed by atoms with Crippen LogP contribution in [0.5, 0.6) is 0 Å². The maximum atomic E-state index is 12.8. The van der Waals surface area contributed by atoms with Crippen molar-refractivity contribution in [3.8, 4) is 11.1 Å². The number of hydrogen-bond acceptors (Lipinski definition) is 6. The van der Waals surface area contributed by atoms with Gasteiger partial charge in [0.2, 0.25) is 5.43 Å². The number of anilines is 3. The Bertz CT molecular complexity index is 1380. The topological polar surface area (TPSA) is 65.8 Å². The summed E-state index contributed by atoms with van der Waals surface area (Å²) in [6.07, 6.45) is 3.43. The van der Waals surface area contributed by atoms with E-state index in [9.17, 15) is 9.59 Å². The van der Waals surface area contributed by atoms with Crippen molar-refractivity contribution >= 4 is 44.8 Å². The molecule has 7 heteroatoms. The lowest BCUT2D eigenvalue weighted by Crippen LogP contribution is -2.29. The first kappa shape index (κ1) is 22.2. The van der Waals surface area contributed by atoms with Gasteiger partial charge in [-0.3, -0.25) is 9.59 Å². The minimum Gasteiger partial charge on any atom is -0.439 e. The minimum atomic E-state index is -0.170. The lowest BCUT2D eigenvalue weighted by atomic mass is 10.1. The number of amides is 1. The molecule has 0 saturated carbocycles. The Kier molecular flexibility index (Phi) is 6.11. The fourth-order valence-electron chi connectivity index (χ4n) is 4.28. The molecule has 3 heterocycles. The van der Waals surface area contributed by atoms with E-state index in [1.807, 2.05) is 72.9 Å². The third kappa shape index (κ3) is 4.43. The standard InChI is InChI=1S/C27H27N3O3S/c1-29(2)21-11-9-18(10-12-21)27(32)28-20-8-6-7-19(15-20)22-17-34-26-23(31)16-24(33-25(22)26)30-13-4-3-5-14-30/h6-12,15-17H,3-5,13-14H2,1-2H3,(H,28,32). The predicted molar refractivity (Wildman–Crippen MR) is 141 cm³/mol. The average molecular weight is 474 g/mol. The van der Waals surface area contributed by atoms with Crippen molar-refractivity contribution in [2.75, 3.05) is 42.3 Å². The molecule has 2 aromatic carbocycles. The number of piperidine rings is 1. The van der Waals surface area contributed by atoms with Crippen LogP contribution in [0.25, 0.3) is 21.4 Å².